The van der Waals surface area contributed by atoms with Crippen LogP contribution in [0.15, 0.2) is 30.3 Å². The van der Waals surface area contributed by atoms with Crippen molar-refractivity contribution in [2.45, 2.75) is 33.2 Å². The smallest absolute Gasteiger partial charge is 0.305 e. The topological polar surface area (TPSA) is 29.5 Å². The van der Waals surface area contributed by atoms with Crippen molar-refractivity contribution in [3.05, 3.63) is 35.9 Å². The fourth-order valence-electron chi connectivity index (χ4n) is 1.87. The number of hydrogen-bond donors (Lipinski definition) is 0. The van der Waals surface area contributed by atoms with Gasteiger partial charge in [-0.25, -0.2) is 0 Å². The maximum Gasteiger partial charge on any atom is 0.305 e. The molecule has 0 amide bonds. The van der Waals surface area contributed by atoms with Crippen LogP contribution in [-0.4, -0.2) is 30.6 Å². The van der Waals surface area contributed by atoms with Crippen LogP contribution >= 0.6 is 0 Å². The van der Waals surface area contributed by atoms with Crippen molar-refractivity contribution >= 4 is 5.97 Å². The molecule has 0 heterocycles. The van der Waals surface area contributed by atoms with Gasteiger partial charge in [0, 0.05) is 13.0 Å². The number of ether oxygens (including phenoxy) is 1. The molecular weight excluding hydrogens is 226 g/mol. The first-order chi connectivity index (χ1) is 8.76. The molecule has 3 nitrogen and oxygen atoms in total. The molecule has 0 bridgehead atoms. The Morgan fingerprint density at radius 3 is 2.56 bits per heavy atom. The molecular formula is C15H23NO2. The first-order valence-electron chi connectivity index (χ1n) is 6.68. The van der Waals surface area contributed by atoms with Crippen LogP contribution in [0, 0.1) is 0 Å². The molecule has 0 atom stereocenters. The van der Waals surface area contributed by atoms with E-state index in [0.717, 1.165) is 26.1 Å². The van der Waals surface area contributed by atoms with Crippen LogP contribution in [0.25, 0.3) is 0 Å². The highest BCUT2D eigenvalue weighted by Crippen LogP contribution is 2.05. The molecule has 0 spiro atoms. The van der Waals surface area contributed by atoms with Gasteiger partial charge in [0.25, 0.3) is 0 Å². The predicted octanol–water partition coefficient (Wildman–Crippen LogP) is 2.85. The van der Waals surface area contributed by atoms with Gasteiger partial charge in [0.1, 0.15) is 0 Å². The summed E-state index contributed by atoms with van der Waals surface area (Å²) >= 11 is 0. The number of carbonyl (C=O) groups is 1. The Kier molecular flexibility index (Phi) is 7.11. The first-order valence-corrected chi connectivity index (χ1v) is 6.68. The lowest BCUT2D eigenvalue weighted by Gasteiger charge is -2.20. The highest BCUT2D eigenvalue weighted by atomic mass is 16.5. The number of carbonyl (C=O) groups excluding carboxylic acids is 1. The number of benzene rings is 1. The van der Waals surface area contributed by atoms with Crippen molar-refractivity contribution in [3.8, 4) is 0 Å². The molecule has 3 heteroatoms. The second-order valence-corrected chi connectivity index (χ2v) is 4.26. The summed E-state index contributed by atoms with van der Waals surface area (Å²) in [5.41, 5.74) is 1.32. The molecule has 0 saturated carbocycles. The molecule has 1 aromatic rings. The molecule has 0 aliphatic carbocycles. The molecule has 0 aromatic heterocycles. The van der Waals surface area contributed by atoms with Crippen molar-refractivity contribution in [2.24, 2.45) is 0 Å². The van der Waals surface area contributed by atoms with Crippen molar-refractivity contribution in [3.63, 3.8) is 0 Å². The van der Waals surface area contributed by atoms with E-state index < -0.39 is 0 Å². The summed E-state index contributed by atoms with van der Waals surface area (Å²) in [4.78, 5) is 13.6. The molecule has 100 valence electrons. The fourth-order valence-corrected chi connectivity index (χ4v) is 1.87. The summed E-state index contributed by atoms with van der Waals surface area (Å²) in [5.74, 6) is -0.0896. The Morgan fingerprint density at radius 1 is 1.22 bits per heavy atom. The zero-order valence-corrected chi connectivity index (χ0v) is 11.4. The molecule has 18 heavy (non-hydrogen) atoms. The Bertz CT molecular complexity index is 338. The average molecular weight is 249 g/mol. The zero-order valence-electron chi connectivity index (χ0n) is 11.4. The van der Waals surface area contributed by atoms with Gasteiger partial charge in [-0.15, -0.1) is 0 Å². The monoisotopic (exact) mass is 249 g/mol. The Hall–Kier alpha value is -1.35. The van der Waals surface area contributed by atoms with Gasteiger partial charge in [0.2, 0.25) is 0 Å². The van der Waals surface area contributed by atoms with Crippen molar-refractivity contribution in [1.82, 2.24) is 4.90 Å². The highest BCUT2D eigenvalue weighted by Gasteiger charge is 2.06. The lowest BCUT2D eigenvalue weighted by molar-refractivity contribution is -0.143. The highest BCUT2D eigenvalue weighted by molar-refractivity contribution is 5.69. The third kappa shape index (κ3) is 5.82. The Morgan fingerprint density at radius 2 is 1.94 bits per heavy atom. The van der Waals surface area contributed by atoms with Gasteiger partial charge in [-0.05, 0) is 32.0 Å². The molecule has 0 unspecified atom stereocenters. The summed E-state index contributed by atoms with van der Waals surface area (Å²) in [5, 5.41) is 0. The average Bonchev–Trinajstić information content (AvgIpc) is 2.39. The van der Waals surface area contributed by atoms with E-state index in [1.54, 1.807) is 0 Å². The molecule has 0 aliphatic heterocycles. The normalized spacial score (nSPS) is 10.6. The Labute approximate surface area is 110 Å². The zero-order chi connectivity index (χ0) is 13.2. The minimum absolute atomic E-state index is 0.0896. The van der Waals surface area contributed by atoms with Gasteiger partial charge in [-0.3, -0.25) is 9.69 Å². The number of hydrogen-bond acceptors (Lipinski definition) is 3. The largest absolute Gasteiger partial charge is 0.466 e. The molecule has 1 rings (SSSR count). The van der Waals surface area contributed by atoms with E-state index in [2.05, 4.69) is 36.1 Å². The Balaban J connectivity index is 2.28. The van der Waals surface area contributed by atoms with Gasteiger partial charge in [0.15, 0.2) is 0 Å². The third-order valence-corrected chi connectivity index (χ3v) is 2.86. The van der Waals surface area contributed by atoms with Crippen LogP contribution < -0.4 is 0 Å². The predicted molar refractivity (Wildman–Crippen MR) is 73.3 cm³/mol. The standard InChI is InChI=1S/C15H23NO2/c1-3-16(12-8-11-15(17)18-4-2)13-14-9-6-5-7-10-14/h5-7,9-10H,3-4,8,11-13H2,1-2H3. The maximum atomic E-state index is 11.2. The lowest BCUT2D eigenvalue weighted by Crippen LogP contribution is -2.24. The van der Waals surface area contributed by atoms with Crippen LogP contribution in [-0.2, 0) is 16.1 Å². The minimum atomic E-state index is -0.0896. The fraction of sp³-hybridized carbons (Fsp3) is 0.533. The van der Waals surface area contributed by atoms with Crippen LogP contribution in [0.4, 0.5) is 0 Å². The summed E-state index contributed by atoms with van der Waals surface area (Å²) < 4.78 is 4.92. The second kappa shape index (κ2) is 8.70. The van der Waals surface area contributed by atoms with Crippen LogP contribution in [0.1, 0.15) is 32.3 Å². The van der Waals surface area contributed by atoms with Gasteiger partial charge in [-0.2, -0.15) is 0 Å². The van der Waals surface area contributed by atoms with E-state index in [1.807, 2.05) is 13.0 Å². The molecule has 0 radical (unpaired) electrons. The second-order valence-electron chi connectivity index (χ2n) is 4.26. The molecule has 0 aliphatic rings. The summed E-state index contributed by atoms with van der Waals surface area (Å²) in [6.45, 7) is 7.33. The van der Waals surface area contributed by atoms with Gasteiger partial charge >= 0.3 is 5.97 Å². The molecule has 1 aromatic carbocycles. The van der Waals surface area contributed by atoms with Gasteiger partial charge < -0.3 is 4.74 Å². The first kappa shape index (κ1) is 14.7. The maximum absolute atomic E-state index is 11.2. The van der Waals surface area contributed by atoms with E-state index in [9.17, 15) is 4.79 Å². The van der Waals surface area contributed by atoms with E-state index in [-0.39, 0.29) is 5.97 Å². The molecule has 0 fully saturated rings. The van der Waals surface area contributed by atoms with Gasteiger partial charge in [0.05, 0.1) is 6.61 Å². The summed E-state index contributed by atoms with van der Waals surface area (Å²) in [7, 11) is 0. The van der Waals surface area contributed by atoms with Gasteiger partial charge in [-0.1, -0.05) is 37.3 Å². The quantitative estimate of drug-likeness (QED) is 0.663. The van der Waals surface area contributed by atoms with Crippen LogP contribution in [0.2, 0.25) is 0 Å². The van der Waals surface area contributed by atoms with Crippen LogP contribution in [0.5, 0.6) is 0 Å². The van der Waals surface area contributed by atoms with E-state index in [4.69, 9.17) is 4.74 Å². The lowest BCUT2D eigenvalue weighted by atomic mass is 10.2. The van der Waals surface area contributed by atoms with Crippen LogP contribution in [0.3, 0.4) is 0 Å². The summed E-state index contributed by atoms with van der Waals surface area (Å²) in [6.07, 6.45) is 1.37. The van der Waals surface area contributed by atoms with Crippen molar-refractivity contribution in [2.75, 3.05) is 19.7 Å². The minimum Gasteiger partial charge on any atom is -0.466 e. The van der Waals surface area contributed by atoms with E-state index in [1.165, 1.54) is 5.56 Å². The van der Waals surface area contributed by atoms with Crippen molar-refractivity contribution < 1.29 is 9.53 Å². The number of rotatable bonds is 8. The van der Waals surface area contributed by atoms with E-state index >= 15 is 0 Å². The number of esters is 1. The molecule has 0 N–H and O–H groups in total. The van der Waals surface area contributed by atoms with E-state index in [0.29, 0.717) is 13.0 Å². The molecule has 0 saturated heterocycles. The SMILES string of the molecule is CCOC(=O)CCCN(CC)Cc1ccccc1. The third-order valence-electron chi connectivity index (χ3n) is 2.86. The van der Waals surface area contributed by atoms with Crippen molar-refractivity contribution in [1.29, 1.82) is 0 Å². The summed E-state index contributed by atoms with van der Waals surface area (Å²) in [6, 6.07) is 10.4. The number of nitrogens with zero attached hydrogens (tertiary/aromatic N) is 1.